The summed E-state index contributed by atoms with van der Waals surface area (Å²) in [5.74, 6) is -1.74. The van der Waals surface area contributed by atoms with E-state index >= 15 is 0 Å². The first-order valence-corrected chi connectivity index (χ1v) is 10.3. The molecule has 0 aromatic heterocycles. The van der Waals surface area contributed by atoms with Gasteiger partial charge in [-0.3, -0.25) is 0 Å². The highest BCUT2D eigenvalue weighted by molar-refractivity contribution is 5.68. The highest BCUT2D eigenvalue weighted by Crippen LogP contribution is 2.52. The lowest BCUT2D eigenvalue weighted by Gasteiger charge is -2.43. The lowest BCUT2D eigenvalue weighted by molar-refractivity contribution is -0.387. The van der Waals surface area contributed by atoms with Gasteiger partial charge in [0.25, 0.3) is 5.60 Å². The molecule has 10 heteroatoms. The van der Waals surface area contributed by atoms with Gasteiger partial charge in [0, 0.05) is 18.5 Å². The average molecular weight is 453 g/mol. The fraction of sp³-hybridized carbons (Fsp3) is 0.667. The summed E-state index contributed by atoms with van der Waals surface area (Å²) in [5, 5.41) is 9.65. The molecule has 174 valence electrons. The largest absolute Gasteiger partial charge is 0.445 e. The fourth-order valence-electron chi connectivity index (χ4n) is 4.18. The molecule has 1 aromatic rings. The lowest BCUT2D eigenvalue weighted by Crippen LogP contribution is -2.62. The Bertz CT molecular complexity index is 726. The number of halogens is 6. The van der Waals surface area contributed by atoms with Gasteiger partial charge in [0.1, 0.15) is 6.61 Å². The fourth-order valence-corrected chi connectivity index (χ4v) is 4.18. The van der Waals surface area contributed by atoms with E-state index in [1.165, 1.54) is 4.90 Å². The Hall–Kier alpha value is -1.97. The van der Waals surface area contributed by atoms with E-state index in [1.54, 1.807) is 24.3 Å². The Balaban J connectivity index is 1.66. The van der Waals surface area contributed by atoms with Crippen molar-refractivity contribution >= 4 is 6.09 Å². The minimum atomic E-state index is -5.83. The van der Waals surface area contributed by atoms with Crippen LogP contribution < -0.4 is 0 Å². The van der Waals surface area contributed by atoms with E-state index in [9.17, 15) is 36.2 Å². The maximum atomic E-state index is 13.2. The first-order valence-electron chi connectivity index (χ1n) is 10.3. The van der Waals surface area contributed by atoms with Crippen LogP contribution in [0.5, 0.6) is 0 Å². The number of ether oxygens (including phenoxy) is 1. The molecule has 2 saturated carbocycles. The molecule has 0 radical (unpaired) electrons. The predicted molar refractivity (Wildman–Crippen MR) is 98.9 cm³/mol. The number of carbonyl (C=O) groups excluding carboxylic acids is 1. The summed E-state index contributed by atoms with van der Waals surface area (Å²) in [6, 6.07) is 8.42. The van der Waals surface area contributed by atoms with E-state index < -0.39 is 48.8 Å². The van der Waals surface area contributed by atoms with Gasteiger partial charge >= 0.3 is 18.4 Å². The van der Waals surface area contributed by atoms with Crippen LogP contribution in [0.3, 0.4) is 0 Å². The maximum Gasteiger partial charge on any atom is 0.426 e. The highest BCUT2D eigenvalue weighted by atomic mass is 19.4. The molecule has 0 bridgehead atoms. The van der Waals surface area contributed by atoms with Gasteiger partial charge in [-0.25, -0.2) is 4.79 Å². The Morgan fingerprint density at radius 2 is 1.48 bits per heavy atom. The highest BCUT2D eigenvalue weighted by Gasteiger charge is 2.73. The SMILES string of the molecule is O=C(OCc1ccccc1)N(CC1CC1)C1CCC(C(O)(C(F)(F)F)C(F)(F)F)CC1. The molecule has 31 heavy (non-hydrogen) atoms. The van der Waals surface area contributed by atoms with Crippen LogP contribution in [0.1, 0.15) is 44.1 Å². The van der Waals surface area contributed by atoms with Crippen LogP contribution in [0, 0.1) is 11.8 Å². The van der Waals surface area contributed by atoms with Crippen molar-refractivity contribution in [3.05, 3.63) is 35.9 Å². The quantitative estimate of drug-likeness (QED) is 0.583. The Morgan fingerprint density at radius 1 is 0.935 bits per heavy atom. The smallest absolute Gasteiger partial charge is 0.426 e. The van der Waals surface area contributed by atoms with Crippen LogP contribution in [0.25, 0.3) is 0 Å². The van der Waals surface area contributed by atoms with Crippen molar-refractivity contribution in [2.45, 2.75) is 69.1 Å². The molecule has 1 N–H and O–H groups in total. The van der Waals surface area contributed by atoms with Crippen LogP contribution in [0.2, 0.25) is 0 Å². The van der Waals surface area contributed by atoms with E-state index in [-0.39, 0.29) is 25.4 Å². The summed E-state index contributed by atoms with van der Waals surface area (Å²) in [6.07, 6.45) is -11.6. The van der Waals surface area contributed by atoms with Crippen molar-refractivity contribution in [3.63, 3.8) is 0 Å². The van der Waals surface area contributed by atoms with Crippen molar-refractivity contribution < 1.29 is 41.0 Å². The Morgan fingerprint density at radius 3 is 1.97 bits per heavy atom. The van der Waals surface area contributed by atoms with Crippen LogP contribution >= 0.6 is 0 Å². The van der Waals surface area contributed by atoms with Gasteiger partial charge in [-0.15, -0.1) is 0 Å². The molecule has 0 saturated heterocycles. The van der Waals surface area contributed by atoms with Crippen molar-refractivity contribution in [1.82, 2.24) is 4.90 Å². The molecule has 2 aliphatic carbocycles. The van der Waals surface area contributed by atoms with Gasteiger partial charge < -0.3 is 14.7 Å². The minimum absolute atomic E-state index is 0.0259. The van der Waals surface area contributed by atoms with E-state index in [0.29, 0.717) is 6.54 Å². The molecule has 2 aliphatic rings. The molecule has 0 spiro atoms. The molecule has 2 fully saturated rings. The number of hydrogen-bond donors (Lipinski definition) is 1. The number of hydrogen-bond acceptors (Lipinski definition) is 3. The van der Waals surface area contributed by atoms with Gasteiger partial charge in [0.05, 0.1) is 0 Å². The number of benzene rings is 1. The molecule has 4 nitrogen and oxygen atoms in total. The van der Waals surface area contributed by atoms with Crippen molar-refractivity contribution in [3.8, 4) is 0 Å². The molecular formula is C21H25F6NO3. The van der Waals surface area contributed by atoms with Crippen LogP contribution in [-0.4, -0.2) is 46.6 Å². The van der Waals surface area contributed by atoms with Crippen molar-refractivity contribution in [2.75, 3.05) is 6.54 Å². The standard InChI is InChI=1S/C21H25F6NO3/c22-20(23,24)19(30,21(25,26)27)16-8-10-17(11-9-16)28(12-14-6-7-14)18(29)31-13-15-4-2-1-3-5-15/h1-5,14,16-17,30H,6-13H2. The second kappa shape index (κ2) is 8.88. The first-order chi connectivity index (χ1) is 14.4. The summed E-state index contributed by atoms with van der Waals surface area (Å²) in [5.41, 5.74) is -3.98. The maximum absolute atomic E-state index is 13.2. The second-order valence-corrected chi connectivity index (χ2v) is 8.40. The molecular weight excluding hydrogens is 428 g/mol. The Labute approximate surface area is 176 Å². The van der Waals surface area contributed by atoms with Crippen LogP contribution in [-0.2, 0) is 11.3 Å². The van der Waals surface area contributed by atoms with E-state index in [1.807, 2.05) is 6.07 Å². The molecule has 0 heterocycles. The van der Waals surface area contributed by atoms with E-state index in [0.717, 1.165) is 18.4 Å². The molecule has 1 amide bonds. The zero-order chi connectivity index (χ0) is 22.9. The normalized spacial score (nSPS) is 22.8. The summed E-state index contributed by atoms with van der Waals surface area (Å²) in [4.78, 5) is 14.1. The number of rotatable bonds is 6. The Kier molecular flexibility index (Phi) is 6.78. The molecule has 0 atom stereocenters. The third-order valence-corrected chi connectivity index (χ3v) is 6.18. The molecule has 3 rings (SSSR count). The number of nitrogens with zero attached hydrogens (tertiary/aromatic N) is 1. The zero-order valence-corrected chi connectivity index (χ0v) is 16.8. The minimum Gasteiger partial charge on any atom is -0.445 e. The van der Waals surface area contributed by atoms with Gasteiger partial charge in [-0.05, 0) is 50.0 Å². The summed E-state index contributed by atoms with van der Waals surface area (Å²) >= 11 is 0. The predicted octanol–water partition coefficient (Wildman–Crippen LogP) is 5.45. The zero-order valence-electron chi connectivity index (χ0n) is 16.8. The van der Waals surface area contributed by atoms with E-state index in [4.69, 9.17) is 4.74 Å². The number of amides is 1. The lowest BCUT2D eigenvalue weighted by atomic mass is 9.74. The topological polar surface area (TPSA) is 49.8 Å². The first kappa shape index (κ1) is 23.7. The van der Waals surface area contributed by atoms with Gasteiger partial charge in [-0.2, -0.15) is 26.3 Å². The monoisotopic (exact) mass is 453 g/mol. The molecule has 0 aliphatic heterocycles. The number of carbonyl (C=O) groups is 1. The van der Waals surface area contributed by atoms with E-state index in [2.05, 4.69) is 0 Å². The third-order valence-electron chi connectivity index (χ3n) is 6.18. The summed E-state index contributed by atoms with van der Waals surface area (Å²) in [7, 11) is 0. The average Bonchev–Trinajstić information content (AvgIpc) is 3.53. The van der Waals surface area contributed by atoms with Crippen molar-refractivity contribution in [2.24, 2.45) is 11.8 Å². The third kappa shape index (κ3) is 5.27. The van der Waals surface area contributed by atoms with Crippen LogP contribution in [0.15, 0.2) is 30.3 Å². The number of alkyl halides is 6. The molecule has 0 unspecified atom stereocenters. The number of aliphatic hydroxyl groups is 1. The molecule has 1 aromatic carbocycles. The summed E-state index contributed by atoms with van der Waals surface area (Å²) in [6.45, 7) is 0.393. The van der Waals surface area contributed by atoms with Gasteiger partial charge in [-0.1, -0.05) is 30.3 Å². The van der Waals surface area contributed by atoms with Gasteiger partial charge in [0.2, 0.25) is 0 Å². The van der Waals surface area contributed by atoms with Crippen molar-refractivity contribution in [1.29, 1.82) is 0 Å². The van der Waals surface area contributed by atoms with Crippen LogP contribution in [0.4, 0.5) is 31.1 Å². The summed E-state index contributed by atoms with van der Waals surface area (Å²) < 4.78 is 84.3. The van der Waals surface area contributed by atoms with Gasteiger partial charge in [0.15, 0.2) is 0 Å². The second-order valence-electron chi connectivity index (χ2n) is 8.40.